The zero-order valence-electron chi connectivity index (χ0n) is 10.2. The molecule has 3 unspecified atom stereocenters. The summed E-state index contributed by atoms with van der Waals surface area (Å²) in [5, 5.41) is 9.55. The van der Waals surface area contributed by atoms with Gasteiger partial charge in [-0.2, -0.15) is 0 Å². The van der Waals surface area contributed by atoms with Gasteiger partial charge in [-0.25, -0.2) is 4.98 Å². The van der Waals surface area contributed by atoms with Gasteiger partial charge in [-0.15, -0.1) is 0 Å². The number of hydrogen-bond donors (Lipinski definition) is 1. The number of hydrogen-bond acceptors (Lipinski definition) is 3. The third-order valence-corrected chi connectivity index (χ3v) is 3.56. The second kappa shape index (κ2) is 4.42. The molecule has 2 heterocycles. The maximum atomic E-state index is 9.55. The lowest BCUT2D eigenvalue weighted by Crippen LogP contribution is -2.20. The van der Waals surface area contributed by atoms with Crippen LogP contribution < -0.4 is 4.90 Å². The van der Waals surface area contributed by atoms with E-state index >= 15 is 0 Å². The lowest BCUT2D eigenvalue weighted by atomic mass is 10.0. The van der Waals surface area contributed by atoms with Gasteiger partial charge in [-0.05, 0) is 36.5 Å². The molecule has 1 N–H and O–H groups in total. The van der Waals surface area contributed by atoms with Crippen LogP contribution in [-0.4, -0.2) is 23.2 Å². The first-order valence-corrected chi connectivity index (χ1v) is 5.97. The fourth-order valence-corrected chi connectivity index (χ4v) is 2.18. The molecule has 0 radical (unpaired) electrons. The van der Waals surface area contributed by atoms with Crippen molar-refractivity contribution in [2.45, 2.75) is 26.9 Å². The first-order chi connectivity index (χ1) is 7.58. The Morgan fingerprint density at radius 2 is 2.00 bits per heavy atom. The minimum absolute atomic E-state index is 0.417. The molecule has 3 nitrogen and oxygen atoms in total. The van der Waals surface area contributed by atoms with E-state index < -0.39 is 6.10 Å². The molecule has 3 heteroatoms. The standard InChI is InChI=1S/C13H20N2O/c1-9-7-15(8-10(9)2)13-6-12(11(3)16)4-5-14-13/h4-6,9-11,16H,7-8H2,1-3H3. The average molecular weight is 220 g/mol. The van der Waals surface area contributed by atoms with E-state index in [0.717, 1.165) is 36.3 Å². The van der Waals surface area contributed by atoms with Crippen LogP contribution in [0.5, 0.6) is 0 Å². The molecule has 16 heavy (non-hydrogen) atoms. The van der Waals surface area contributed by atoms with Crippen molar-refractivity contribution in [3.63, 3.8) is 0 Å². The van der Waals surface area contributed by atoms with Crippen LogP contribution in [0.1, 0.15) is 32.4 Å². The summed E-state index contributed by atoms with van der Waals surface area (Å²) in [4.78, 5) is 6.69. The molecule has 1 fully saturated rings. The molecule has 0 saturated carbocycles. The summed E-state index contributed by atoms with van der Waals surface area (Å²) in [6.07, 6.45) is 1.37. The van der Waals surface area contributed by atoms with Gasteiger partial charge in [-0.3, -0.25) is 0 Å². The van der Waals surface area contributed by atoms with Crippen LogP contribution in [0, 0.1) is 11.8 Å². The van der Waals surface area contributed by atoms with Crippen molar-refractivity contribution in [1.82, 2.24) is 4.98 Å². The van der Waals surface area contributed by atoms with Crippen LogP contribution in [0.3, 0.4) is 0 Å². The van der Waals surface area contributed by atoms with Crippen molar-refractivity contribution in [2.75, 3.05) is 18.0 Å². The summed E-state index contributed by atoms with van der Waals surface area (Å²) in [5.74, 6) is 2.43. The summed E-state index contributed by atoms with van der Waals surface area (Å²) >= 11 is 0. The molecule has 0 aliphatic carbocycles. The highest BCUT2D eigenvalue weighted by Gasteiger charge is 2.26. The molecule has 1 aromatic rings. The first-order valence-electron chi connectivity index (χ1n) is 5.97. The lowest BCUT2D eigenvalue weighted by Gasteiger charge is -2.18. The Balaban J connectivity index is 2.18. The van der Waals surface area contributed by atoms with E-state index in [9.17, 15) is 5.11 Å². The molecule has 1 saturated heterocycles. The molecular formula is C13H20N2O. The number of aromatic nitrogens is 1. The summed E-state index contributed by atoms with van der Waals surface area (Å²) in [7, 11) is 0. The van der Waals surface area contributed by atoms with Crippen molar-refractivity contribution >= 4 is 5.82 Å². The van der Waals surface area contributed by atoms with E-state index in [1.165, 1.54) is 0 Å². The SMILES string of the molecule is CC(O)c1ccnc(N2CC(C)C(C)C2)c1. The van der Waals surface area contributed by atoms with Gasteiger partial charge in [0, 0.05) is 19.3 Å². The smallest absolute Gasteiger partial charge is 0.128 e. The Morgan fingerprint density at radius 1 is 1.38 bits per heavy atom. The van der Waals surface area contributed by atoms with Crippen molar-refractivity contribution in [2.24, 2.45) is 11.8 Å². The topological polar surface area (TPSA) is 36.4 Å². The van der Waals surface area contributed by atoms with Crippen LogP contribution in [-0.2, 0) is 0 Å². The molecular weight excluding hydrogens is 200 g/mol. The van der Waals surface area contributed by atoms with Gasteiger partial charge in [0.05, 0.1) is 6.10 Å². The van der Waals surface area contributed by atoms with Crippen LogP contribution in [0.25, 0.3) is 0 Å². The number of pyridine rings is 1. The van der Waals surface area contributed by atoms with Crippen LogP contribution >= 0.6 is 0 Å². The molecule has 88 valence electrons. The fourth-order valence-electron chi connectivity index (χ4n) is 2.18. The first kappa shape index (κ1) is 11.4. The minimum atomic E-state index is -0.417. The zero-order chi connectivity index (χ0) is 11.7. The summed E-state index contributed by atoms with van der Waals surface area (Å²) < 4.78 is 0. The Labute approximate surface area is 97.1 Å². The highest BCUT2D eigenvalue weighted by Crippen LogP contribution is 2.27. The van der Waals surface area contributed by atoms with Gasteiger partial charge >= 0.3 is 0 Å². The molecule has 3 atom stereocenters. The van der Waals surface area contributed by atoms with Crippen molar-refractivity contribution in [3.8, 4) is 0 Å². The maximum absolute atomic E-state index is 9.55. The molecule has 1 aliphatic rings. The van der Waals surface area contributed by atoms with E-state index in [0.29, 0.717) is 0 Å². The lowest BCUT2D eigenvalue weighted by molar-refractivity contribution is 0.199. The number of anilines is 1. The highest BCUT2D eigenvalue weighted by atomic mass is 16.3. The molecule has 0 aromatic carbocycles. The minimum Gasteiger partial charge on any atom is -0.389 e. The monoisotopic (exact) mass is 220 g/mol. The summed E-state index contributed by atoms with van der Waals surface area (Å²) in [6, 6.07) is 3.87. The van der Waals surface area contributed by atoms with E-state index in [-0.39, 0.29) is 0 Å². The molecule has 0 amide bonds. The van der Waals surface area contributed by atoms with Crippen LogP contribution in [0.15, 0.2) is 18.3 Å². The quantitative estimate of drug-likeness (QED) is 0.830. The number of nitrogens with zero attached hydrogens (tertiary/aromatic N) is 2. The second-order valence-electron chi connectivity index (χ2n) is 4.98. The van der Waals surface area contributed by atoms with Crippen molar-refractivity contribution in [3.05, 3.63) is 23.9 Å². The number of aliphatic hydroxyl groups excluding tert-OH is 1. The van der Waals surface area contributed by atoms with E-state index in [1.54, 1.807) is 13.1 Å². The average Bonchev–Trinajstić information content (AvgIpc) is 2.59. The summed E-state index contributed by atoms with van der Waals surface area (Å²) in [5.41, 5.74) is 0.942. The Hall–Kier alpha value is -1.09. The molecule has 0 bridgehead atoms. The maximum Gasteiger partial charge on any atom is 0.128 e. The zero-order valence-corrected chi connectivity index (χ0v) is 10.2. The van der Waals surface area contributed by atoms with Gasteiger partial charge < -0.3 is 10.0 Å². The van der Waals surface area contributed by atoms with Gasteiger partial charge in [0.2, 0.25) is 0 Å². The largest absolute Gasteiger partial charge is 0.389 e. The summed E-state index contributed by atoms with van der Waals surface area (Å²) in [6.45, 7) is 8.48. The molecule has 1 aromatic heterocycles. The number of rotatable bonds is 2. The predicted octanol–water partition coefficient (Wildman–Crippen LogP) is 2.23. The van der Waals surface area contributed by atoms with Gasteiger partial charge in [0.25, 0.3) is 0 Å². The highest BCUT2D eigenvalue weighted by molar-refractivity contribution is 5.42. The predicted molar refractivity (Wildman–Crippen MR) is 65.4 cm³/mol. The Kier molecular flexibility index (Phi) is 3.15. The van der Waals surface area contributed by atoms with Crippen LogP contribution in [0.2, 0.25) is 0 Å². The number of aliphatic hydroxyl groups is 1. The van der Waals surface area contributed by atoms with Gasteiger partial charge in [0.15, 0.2) is 0 Å². The van der Waals surface area contributed by atoms with E-state index in [1.807, 2.05) is 12.1 Å². The van der Waals surface area contributed by atoms with Crippen molar-refractivity contribution in [1.29, 1.82) is 0 Å². The third-order valence-electron chi connectivity index (χ3n) is 3.56. The Morgan fingerprint density at radius 3 is 2.56 bits per heavy atom. The molecule has 1 aliphatic heterocycles. The Bertz CT molecular complexity index is 355. The van der Waals surface area contributed by atoms with Gasteiger partial charge in [0.1, 0.15) is 5.82 Å². The molecule has 0 spiro atoms. The van der Waals surface area contributed by atoms with Crippen LogP contribution in [0.4, 0.5) is 5.82 Å². The normalized spacial score (nSPS) is 27.1. The third kappa shape index (κ3) is 2.19. The van der Waals surface area contributed by atoms with Crippen molar-refractivity contribution < 1.29 is 5.11 Å². The second-order valence-corrected chi connectivity index (χ2v) is 4.98. The van der Waals surface area contributed by atoms with E-state index in [2.05, 4.69) is 23.7 Å². The van der Waals surface area contributed by atoms with E-state index in [4.69, 9.17) is 0 Å². The molecule has 2 rings (SSSR count). The fraction of sp³-hybridized carbons (Fsp3) is 0.615. The van der Waals surface area contributed by atoms with Gasteiger partial charge in [-0.1, -0.05) is 13.8 Å².